The average Bonchev–Trinajstić information content (AvgIpc) is 3.34. The Morgan fingerprint density at radius 1 is 0.696 bits per heavy atom. The number of carboxylic acid groups (broad SMARTS) is 4. The summed E-state index contributed by atoms with van der Waals surface area (Å²) in [4.78, 5) is 58.4. The summed E-state index contributed by atoms with van der Waals surface area (Å²) in [6.45, 7) is 10.4. The third-order valence-corrected chi connectivity index (χ3v) is 10.6. The van der Waals surface area contributed by atoms with Crippen molar-refractivity contribution in [3.05, 3.63) is 83.5 Å². The molecule has 0 spiro atoms. The van der Waals surface area contributed by atoms with Crippen LogP contribution in [-0.4, -0.2) is 99.4 Å². The lowest BCUT2D eigenvalue weighted by atomic mass is 9.95. The van der Waals surface area contributed by atoms with Crippen LogP contribution in [0.1, 0.15) is 107 Å². The Morgan fingerprint density at radius 2 is 1.25 bits per heavy atom. The number of hydrogen-bond acceptors (Lipinski definition) is 9. The summed E-state index contributed by atoms with van der Waals surface area (Å²) in [5.41, 5.74) is 4.41. The molecular formula is C43H60N2O10S. The van der Waals surface area contributed by atoms with Gasteiger partial charge in [-0.3, -0.25) is 9.69 Å². The average molecular weight is 797 g/mol. The number of aliphatic carboxylic acids is 4. The van der Waals surface area contributed by atoms with E-state index in [2.05, 4.69) is 66.1 Å². The lowest BCUT2D eigenvalue weighted by molar-refractivity contribution is -0.144. The highest BCUT2D eigenvalue weighted by molar-refractivity contribution is 7.99. The molecule has 4 N–H and O–H groups in total. The van der Waals surface area contributed by atoms with Crippen LogP contribution >= 0.6 is 11.8 Å². The maximum Gasteiger partial charge on any atom is 0.328 e. The molecule has 2 aliphatic heterocycles. The van der Waals surface area contributed by atoms with E-state index in [4.69, 9.17) is 25.2 Å². The van der Waals surface area contributed by atoms with Crippen molar-refractivity contribution in [3.8, 4) is 0 Å². The van der Waals surface area contributed by atoms with Gasteiger partial charge in [-0.2, -0.15) is 0 Å². The van der Waals surface area contributed by atoms with Crippen LogP contribution in [0.25, 0.3) is 0 Å². The van der Waals surface area contributed by atoms with E-state index in [0.29, 0.717) is 43.4 Å². The Balaban J connectivity index is 0.000000566. The van der Waals surface area contributed by atoms with Gasteiger partial charge in [0, 0.05) is 79.3 Å². The van der Waals surface area contributed by atoms with Crippen molar-refractivity contribution in [2.45, 2.75) is 113 Å². The molecule has 0 radical (unpaired) electrons. The van der Waals surface area contributed by atoms with Gasteiger partial charge in [0.1, 0.15) is 0 Å². The van der Waals surface area contributed by atoms with Gasteiger partial charge in [0.05, 0.1) is 6.61 Å². The van der Waals surface area contributed by atoms with E-state index in [1.807, 2.05) is 11.8 Å². The fourth-order valence-corrected chi connectivity index (χ4v) is 7.53. The predicted octanol–water partition coefficient (Wildman–Crippen LogP) is 7.89. The van der Waals surface area contributed by atoms with E-state index >= 15 is 0 Å². The number of carbonyl (C=O) groups excluding carboxylic acids is 1. The summed E-state index contributed by atoms with van der Waals surface area (Å²) in [6, 6.07) is 16.5. The molecule has 308 valence electrons. The molecule has 4 rings (SSSR count). The fraction of sp³-hybridized carbons (Fsp3) is 0.512. The van der Waals surface area contributed by atoms with Crippen molar-refractivity contribution in [2.24, 2.45) is 0 Å². The lowest BCUT2D eigenvalue weighted by Crippen LogP contribution is -2.48. The van der Waals surface area contributed by atoms with Crippen molar-refractivity contribution in [1.29, 1.82) is 0 Å². The molecule has 2 aliphatic rings. The molecule has 2 heterocycles. The van der Waals surface area contributed by atoms with Gasteiger partial charge in [-0.05, 0) is 54.5 Å². The smallest absolute Gasteiger partial charge is 0.328 e. The number of esters is 1. The van der Waals surface area contributed by atoms with Crippen LogP contribution < -0.4 is 0 Å². The van der Waals surface area contributed by atoms with Gasteiger partial charge in [0.2, 0.25) is 0 Å². The minimum atomic E-state index is -1.26. The quantitative estimate of drug-likeness (QED) is 0.0577. The Hall–Kier alpha value is -4.46. The Kier molecular flexibility index (Phi) is 23.9. The SMILES string of the molecule is CCCCCCCCCCCC(=O)OCCCN1CCN(C2Cc3ccccc3Sc3ccc(CC)cc32)CC1.O=C(O)/C=C\C(=O)O.O=C(O)/C=C\C(=O)O. The third-order valence-electron chi connectivity index (χ3n) is 9.40. The molecule has 1 fully saturated rings. The van der Waals surface area contributed by atoms with Crippen molar-refractivity contribution in [3.63, 3.8) is 0 Å². The van der Waals surface area contributed by atoms with Gasteiger partial charge < -0.3 is 30.1 Å². The van der Waals surface area contributed by atoms with E-state index in [1.54, 1.807) is 0 Å². The monoisotopic (exact) mass is 796 g/mol. The molecule has 0 bridgehead atoms. The standard InChI is InChI=1S/C35H52N2O2S.2C4H4O4/c1-3-5-6-7-8-9-10-11-12-18-35(38)39-26-15-21-36-22-24-37(25-23-36)32-28-30-16-13-14-17-33(30)40-34-20-19-29(4-2)27-31(32)34;2*5-3(6)1-2-4(7)8/h13-14,16-17,19-20,27,32H,3-12,15,18,21-26,28H2,1-2H3;2*1-2H,(H,5,6)(H,7,8)/b;2*2-1-. The Labute approximate surface area is 335 Å². The second-order valence-electron chi connectivity index (χ2n) is 13.7. The van der Waals surface area contributed by atoms with Crippen molar-refractivity contribution < 1.29 is 49.1 Å². The molecule has 0 amide bonds. The third kappa shape index (κ3) is 20.5. The molecular weight excluding hydrogens is 737 g/mol. The van der Waals surface area contributed by atoms with Gasteiger partial charge in [-0.1, -0.05) is 107 Å². The highest BCUT2D eigenvalue weighted by atomic mass is 32.2. The number of nitrogens with zero attached hydrogens (tertiary/aromatic N) is 2. The summed E-state index contributed by atoms with van der Waals surface area (Å²) in [5, 5.41) is 31.2. The van der Waals surface area contributed by atoms with Crippen LogP contribution in [0.5, 0.6) is 0 Å². The fourth-order valence-electron chi connectivity index (χ4n) is 6.42. The summed E-state index contributed by atoms with van der Waals surface area (Å²) in [6.07, 6.45) is 17.4. The molecule has 2 aromatic carbocycles. The highest BCUT2D eigenvalue weighted by Crippen LogP contribution is 2.43. The lowest BCUT2D eigenvalue weighted by Gasteiger charge is -2.39. The zero-order chi connectivity index (χ0) is 41.1. The zero-order valence-electron chi connectivity index (χ0n) is 32.9. The maximum absolute atomic E-state index is 12.1. The zero-order valence-corrected chi connectivity index (χ0v) is 33.7. The van der Waals surface area contributed by atoms with Crippen molar-refractivity contribution >= 4 is 41.6 Å². The number of ether oxygens (including phenoxy) is 1. The van der Waals surface area contributed by atoms with Crippen LogP contribution in [0.3, 0.4) is 0 Å². The van der Waals surface area contributed by atoms with E-state index in [1.165, 1.54) is 71.4 Å². The Bertz CT molecular complexity index is 1520. The molecule has 1 unspecified atom stereocenters. The van der Waals surface area contributed by atoms with E-state index < -0.39 is 23.9 Å². The van der Waals surface area contributed by atoms with Crippen LogP contribution in [0.4, 0.5) is 0 Å². The van der Waals surface area contributed by atoms with E-state index in [9.17, 15) is 24.0 Å². The number of fused-ring (bicyclic) bond motifs is 2. The number of rotatable bonds is 20. The number of aryl methyl sites for hydroxylation is 1. The predicted molar refractivity (Wildman–Crippen MR) is 217 cm³/mol. The van der Waals surface area contributed by atoms with Crippen molar-refractivity contribution in [1.82, 2.24) is 9.80 Å². The minimum absolute atomic E-state index is 0.00982. The Morgan fingerprint density at radius 3 is 1.80 bits per heavy atom. The first-order valence-corrected chi connectivity index (χ1v) is 20.5. The van der Waals surface area contributed by atoms with Crippen LogP contribution in [-0.2, 0) is 41.6 Å². The number of piperazine rings is 1. The largest absolute Gasteiger partial charge is 0.478 e. The second kappa shape index (κ2) is 28.0. The first-order chi connectivity index (χ1) is 26.9. The summed E-state index contributed by atoms with van der Waals surface area (Å²) in [7, 11) is 0. The van der Waals surface area contributed by atoms with Crippen LogP contribution in [0.2, 0.25) is 0 Å². The van der Waals surface area contributed by atoms with Crippen molar-refractivity contribution in [2.75, 3.05) is 39.3 Å². The molecule has 0 aromatic heterocycles. The summed E-state index contributed by atoms with van der Waals surface area (Å²) >= 11 is 1.94. The molecule has 1 atom stereocenters. The topological polar surface area (TPSA) is 182 Å². The van der Waals surface area contributed by atoms with Gasteiger partial charge >= 0.3 is 29.8 Å². The van der Waals surface area contributed by atoms with Gasteiger partial charge in [0.15, 0.2) is 0 Å². The van der Waals surface area contributed by atoms with Crippen LogP contribution in [0, 0.1) is 0 Å². The van der Waals surface area contributed by atoms with Gasteiger partial charge in [-0.15, -0.1) is 0 Å². The number of carboxylic acids is 4. The van der Waals surface area contributed by atoms with E-state index in [-0.39, 0.29) is 5.97 Å². The molecule has 0 saturated carbocycles. The molecule has 13 heteroatoms. The van der Waals surface area contributed by atoms with E-state index in [0.717, 1.165) is 64.8 Å². The normalized spacial score (nSPS) is 15.4. The number of unbranched alkanes of at least 4 members (excludes halogenated alkanes) is 8. The molecule has 0 aliphatic carbocycles. The first kappa shape index (κ1) is 47.7. The van der Waals surface area contributed by atoms with Gasteiger partial charge in [0.25, 0.3) is 0 Å². The first-order valence-electron chi connectivity index (χ1n) is 19.7. The molecule has 2 aromatic rings. The maximum atomic E-state index is 12.1. The summed E-state index contributed by atoms with van der Waals surface area (Å²) in [5.74, 6) is -5.04. The number of benzene rings is 2. The second-order valence-corrected chi connectivity index (χ2v) is 14.8. The number of carbonyl (C=O) groups is 5. The highest BCUT2D eigenvalue weighted by Gasteiger charge is 2.30. The molecule has 12 nitrogen and oxygen atoms in total. The molecule has 56 heavy (non-hydrogen) atoms. The minimum Gasteiger partial charge on any atom is -0.478 e. The van der Waals surface area contributed by atoms with Crippen LogP contribution in [0.15, 0.2) is 76.6 Å². The van der Waals surface area contributed by atoms with Gasteiger partial charge in [-0.25, -0.2) is 19.2 Å². The number of hydrogen-bond donors (Lipinski definition) is 4. The molecule has 1 saturated heterocycles. The summed E-state index contributed by atoms with van der Waals surface area (Å²) < 4.78 is 5.55.